The Morgan fingerprint density at radius 1 is 1.10 bits per heavy atom. The van der Waals surface area contributed by atoms with Crippen LogP contribution in [0, 0.1) is 11.3 Å². The van der Waals surface area contributed by atoms with Crippen LogP contribution in [0.4, 0.5) is 5.69 Å². The second kappa shape index (κ2) is 10.7. The summed E-state index contributed by atoms with van der Waals surface area (Å²) in [7, 11) is 3.02. The number of methoxy groups -OCH3 is 2. The number of ether oxygens (including phenoxy) is 2. The summed E-state index contributed by atoms with van der Waals surface area (Å²) in [6.45, 7) is 0. The molecule has 0 saturated carbocycles. The molecule has 6 nitrogen and oxygen atoms in total. The lowest BCUT2D eigenvalue weighted by Gasteiger charge is -2.13. The molecule has 0 aromatic heterocycles. The Hall–Kier alpha value is -2.75. The number of anilines is 1. The first kappa shape index (κ1) is 22.5. The summed E-state index contributed by atoms with van der Waals surface area (Å²) < 4.78 is 10.4. The van der Waals surface area contributed by atoms with E-state index in [4.69, 9.17) is 32.7 Å². The largest absolute Gasteiger partial charge is 0.497 e. The maximum Gasteiger partial charge on any atom is 0.224 e. The lowest BCUT2D eigenvalue weighted by atomic mass is 9.93. The van der Waals surface area contributed by atoms with E-state index in [0.717, 1.165) is 0 Å². The van der Waals surface area contributed by atoms with Crippen LogP contribution in [0.1, 0.15) is 30.7 Å². The minimum atomic E-state index is -1.07. The van der Waals surface area contributed by atoms with Crippen LogP contribution in [0.3, 0.4) is 0 Å². The first-order valence-electron chi connectivity index (χ1n) is 8.79. The standard InChI is InChI=1S/C21H20Cl2N2O4/c1-28-13-9-10-19(29-2)17(11-13)25-20(27)8-4-7-18(26)14(12-24)21-15(22)5-3-6-16(21)23/h3,5-6,9-11,14H,4,7-8H2,1-2H3,(H,25,27)/t14-/m1/s1. The first-order valence-corrected chi connectivity index (χ1v) is 9.55. The number of nitrogens with zero attached hydrogens (tertiary/aromatic N) is 1. The highest BCUT2D eigenvalue weighted by Crippen LogP contribution is 2.33. The third kappa shape index (κ3) is 5.86. The topological polar surface area (TPSA) is 88.4 Å². The molecule has 8 heteroatoms. The van der Waals surface area contributed by atoms with Crippen molar-refractivity contribution in [3.8, 4) is 17.6 Å². The molecule has 2 rings (SSSR count). The third-order valence-corrected chi connectivity index (χ3v) is 4.91. The van der Waals surface area contributed by atoms with Crippen LogP contribution < -0.4 is 14.8 Å². The molecule has 1 amide bonds. The minimum Gasteiger partial charge on any atom is -0.497 e. The van der Waals surface area contributed by atoms with Crippen LogP contribution in [0.5, 0.6) is 11.5 Å². The van der Waals surface area contributed by atoms with E-state index in [9.17, 15) is 14.9 Å². The fraction of sp³-hybridized carbons (Fsp3) is 0.286. The van der Waals surface area contributed by atoms with Crippen LogP contribution in [0.25, 0.3) is 0 Å². The van der Waals surface area contributed by atoms with Crippen molar-refractivity contribution in [1.29, 1.82) is 5.26 Å². The van der Waals surface area contributed by atoms with Crippen molar-refractivity contribution in [2.75, 3.05) is 19.5 Å². The Labute approximate surface area is 179 Å². The van der Waals surface area contributed by atoms with Crippen molar-refractivity contribution in [2.45, 2.75) is 25.2 Å². The predicted octanol–water partition coefficient (Wildman–Crippen LogP) is 5.00. The number of ketones is 1. The van der Waals surface area contributed by atoms with Gasteiger partial charge < -0.3 is 14.8 Å². The fourth-order valence-corrected chi connectivity index (χ4v) is 3.39. The number of nitrogens with one attached hydrogen (secondary N) is 1. The maximum atomic E-state index is 12.5. The van der Waals surface area contributed by atoms with Gasteiger partial charge in [0, 0.05) is 34.5 Å². The third-order valence-electron chi connectivity index (χ3n) is 4.25. The summed E-state index contributed by atoms with van der Waals surface area (Å²) in [6, 6.07) is 11.8. The van der Waals surface area contributed by atoms with Gasteiger partial charge >= 0.3 is 0 Å². The first-order chi connectivity index (χ1) is 13.9. The lowest BCUT2D eigenvalue weighted by molar-refractivity contribution is -0.119. The van der Waals surface area contributed by atoms with E-state index in [2.05, 4.69) is 5.32 Å². The number of halogens is 2. The van der Waals surface area contributed by atoms with Crippen molar-refractivity contribution < 1.29 is 19.1 Å². The molecular weight excluding hydrogens is 415 g/mol. The van der Waals surface area contributed by atoms with Gasteiger partial charge in [-0.1, -0.05) is 29.3 Å². The Bertz CT molecular complexity index is 921. The Morgan fingerprint density at radius 3 is 2.38 bits per heavy atom. The summed E-state index contributed by atoms with van der Waals surface area (Å²) in [5, 5.41) is 12.7. The van der Waals surface area contributed by atoms with Gasteiger partial charge in [-0.05, 0) is 30.7 Å². The van der Waals surface area contributed by atoms with Crippen LogP contribution in [-0.2, 0) is 9.59 Å². The van der Waals surface area contributed by atoms with Gasteiger partial charge in [-0.2, -0.15) is 5.26 Å². The summed E-state index contributed by atoms with van der Waals surface area (Å²) in [5.41, 5.74) is 0.773. The zero-order valence-corrected chi connectivity index (χ0v) is 17.5. The summed E-state index contributed by atoms with van der Waals surface area (Å²) in [4.78, 5) is 24.7. The number of benzene rings is 2. The molecule has 0 fully saturated rings. The van der Waals surface area contributed by atoms with Crippen molar-refractivity contribution >= 4 is 40.6 Å². The van der Waals surface area contributed by atoms with Gasteiger partial charge in [-0.25, -0.2) is 0 Å². The number of Topliss-reactive ketones (excluding diaryl/α,β-unsaturated/α-hetero) is 1. The molecule has 0 radical (unpaired) electrons. The molecule has 2 aromatic carbocycles. The van der Waals surface area contributed by atoms with Crippen LogP contribution >= 0.6 is 23.2 Å². The molecule has 0 spiro atoms. The monoisotopic (exact) mass is 434 g/mol. The Morgan fingerprint density at radius 2 is 1.79 bits per heavy atom. The van der Waals surface area contributed by atoms with E-state index in [-0.39, 0.29) is 41.0 Å². The molecule has 0 saturated heterocycles. The maximum absolute atomic E-state index is 12.5. The molecular formula is C21H20Cl2N2O4. The second-order valence-electron chi connectivity index (χ2n) is 6.13. The van der Waals surface area contributed by atoms with Gasteiger partial charge in [-0.15, -0.1) is 0 Å². The average Bonchev–Trinajstić information content (AvgIpc) is 2.70. The van der Waals surface area contributed by atoms with Gasteiger partial charge in [0.25, 0.3) is 0 Å². The number of nitriles is 1. The van der Waals surface area contributed by atoms with Crippen LogP contribution in [0.15, 0.2) is 36.4 Å². The number of hydrogen-bond donors (Lipinski definition) is 1. The quantitative estimate of drug-likeness (QED) is 0.599. The SMILES string of the molecule is COc1ccc(OC)c(NC(=O)CCCC(=O)[C@@H](C#N)c2c(Cl)cccc2Cl)c1. The van der Waals surface area contributed by atoms with E-state index < -0.39 is 5.92 Å². The summed E-state index contributed by atoms with van der Waals surface area (Å²) in [5.74, 6) is -0.626. The number of rotatable bonds is 9. The summed E-state index contributed by atoms with van der Waals surface area (Å²) in [6.07, 6.45) is 0.417. The normalized spacial score (nSPS) is 11.3. The molecule has 0 aliphatic carbocycles. The molecule has 0 unspecified atom stereocenters. The van der Waals surface area contributed by atoms with Crippen molar-refractivity contribution in [2.24, 2.45) is 0 Å². The number of hydrogen-bond acceptors (Lipinski definition) is 5. The molecule has 1 atom stereocenters. The van der Waals surface area contributed by atoms with Crippen molar-refractivity contribution in [3.63, 3.8) is 0 Å². The highest BCUT2D eigenvalue weighted by atomic mass is 35.5. The molecule has 0 bridgehead atoms. The molecule has 152 valence electrons. The molecule has 0 aliphatic heterocycles. The van der Waals surface area contributed by atoms with Crippen molar-refractivity contribution in [1.82, 2.24) is 0 Å². The predicted molar refractivity (Wildman–Crippen MR) is 112 cm³/mol. The van der Waals surface area contributed by atoms with Crippen LogP contribution in [-0.4, -0.2) is 25.9 Å². The smallest absolute Gasteiger partial charge is 0.224 e. The van der Waals surface area contributed by atoms with Gasteiger partial charge in [0.1, 0.15) is 17.4 Å². The molecule has 2 aromatic rings. The zero-order chi connectivity index (χ0) is 21.4. The van der Waals surface area contributed by atoms with Crippen LogP contribution in [0.2, 0.25) is 10.0 Å². The molecule has 1 N–H and O–H groups in total. The zero-order valence-electron chi connectivity index (χ0n) is 16.0. The van der Waals surface area contributed by atoms with Gasteiger partial charge in [0.05, 0.1) is 26.0 Å². The number of carbonyl (C=O) groups excluding carboxylic acids is 2. The summed E-state index contributed by atoms with van der Waals surface area (Å²) >= 11 is 12.2. The molecule has 0 heterocycles. The lowest BCUT2D eigenvalue weighted by Crippen LogP contribution is -2.15. The molecule has 29 heavy (non-hydrogen) atoms. The fourth-order valence-electron chi connectivity index (χ4n) is 2.78. The molecule has 0 aliphatic rings. The van der Waals surface area contributed by atoms with E-state index in [1.807, 2.05) is 6.07 Å². The highest BCUT2D eigenvalue weighted by Gasteiger charge is 2.25. The Balaban J connectivity index is 1.96. The highest BCUT2D eigenvalue weighted by molar-refractivity contribution is 6.36. The average molecular weight is 435 g/mol. The van der Waals surface area contributed by atoms with E-state index in [0.29, 0.717) is 22.7 Å². The van der Waals surface area contributed by atoms with Gasteiger partial charge in [0.2, 0.25) is 5.91 Å². The van der Waals surface area contributed by atoms with Gasteiger partial charge in [-0.3, -0.25) is 9.59 Å². The van der Waals surface area contributed by atoms with E-state index in [1.54, 1.807) is 36.4 Å². The Kier molecular flexibility index (Phi) is 8.32. The number of carbonyl (C=O) groups is 2. The minimum absolute atomic E-state index is 0.0441. The number of amides is 1. The van der Waals surface area contributed by atoms with Crippen molar-refractivity contribution in [3.05, 3.63) is 52.0 Å². The van der Waals surface area contributed by atoms with Gasteiger partial charge in [0.15, 0.2) is 5.78 Å². The second-order valence-corrected chi connectivity index (χ2v) is 6.95. The van der Waals surface area contributed by atoms with E-state index in [1.165, 1.54) is 14.2 Å². The van der Waals surface area contributed by atoms with E-state index >= 15 is 0 Å².